The number of ether oxygens (including phenoxy) is 1. The number of fused-ring (bicyclic) bond motifs is 1. The van der Waals surface area contributed by atoms with Crippen LogP contribution in [-0.2, 0) is 18.0 Å². The molecule has 0 saturated carbocycles. The van der Waals surface area contributed by atoms with E-state index in [4.69, 9.17) is 18.0 Å². The van der Waals surface area contributed by atoms with Crippen LogP contribution in [0.2, 0.25) is 49.9 Å². The molecule has 3 atom stereocenters. The second kappa shape index (κ2) is 19.2. The smallest absolute Gasteiger partial charge is 0.262 e. The zero-order chi connectivity index (χ0) is 43.7. The lowest BCUT2D eigenvalue weighted by Gasteiger charge is -2.52. The Morgan fingerprint density at radius 1 is 0.603 bits per heavy atom. The molecule has 6 nitrogen and oxygen atoms in total. The highest BCUT2D eigenvalue weighted by atomic mass is 28.4. The molecule has 4 rings (SSSR count). The second-order valence-electron chi connectivity index (χ2n) is 20.1. The van der Waals surface area contributed by atoms with Gasteiger partial charge in [-0.1, -0.05) is 161 Å². The van der Waals surface area contributed by atoms with E-state index in [2.05, 4.69) is 150 Å². The standard InChI is InChI=1S/C49H81NO5Si3/c1-31(2)56(32(3)4,33(5)6)52-30-46-48(55-58(37(13)14,38(15)16)39(17)18)45(54-57(34(7)8,35(9)10)36(11)12)29-44(53-46)47-40(19)42-27-23-24-28-43(42)50(47)49(51)41-25-21-20-22-26-41/h20-29,31-39,45-46,48H,30H2,1-19H3/t45-,46-,48+/m1/s1. The highest BCUT2D eigenvalue weighted by Gasteiger charge is 2.55. The number of aromatic nitrogens is 1. The van der Waals surface area contributed by atoms with Gasteiger partial charge in [-0.2, -0.15) is 0 Å². The Morgan fingerprint density at radius 2 is 1.03 bits per heavy atom. The van der Waals surface area contributed by atoms with Gasteiger partial charge >= 0.3 is 0 Å². The molecule has 0 fully saturated rings. The zero-order valence-corrected chi connectivity index (χ0v) is 42.9. The molecular formula is C49H81NO5Si3. The van der Waals surface area contributed by atoms with Crippen LogP contribution in [0.3, 0.4) is 0 Å². The Balaban J connectivity index is 2.13. The van der Waals surface area contributed by atoms with Gasteiger partial charge in [0.2, 0.25) is 25.0 Å². The highest BCUT2D eigenvalue weighted by molar-refractivity contribution is 6.78. The van der Waals surface area contributed by atoms with Gasteiger partial charge in [0.1, 0.15) is 18.0 Å². The van der Waals surface area contributed by atoms with Crippen molar-refractivity contribution in [3.05, 3.63) is 77.5 Å². The Bertz CT molecular complexity index is 1780. The monoisotopic (exact) mass is 848 g/mol. The first kappa shape index (κ1) is 48.4. The molecule has 0 unspecified atom stereocenters. The third-order valence-corrected chi connectivity index (χ3v) is 32.4. The van der Waals surface area contributed by atoms with Gasteiger partial charge in [-0.25, -0.2) is 0 Å². The first-order valence-corrected chi connectivity index (χ1v) is 29.0. The van der Waals surface area contributed by atoms with Crippen LogP contribution in [0.1, 0.15) is 146 Å². The Morgan fingerprint density at radius 3 is 1.50 bits per heavy atom. The normalized spacial score (nSPS) is 18.7. The van der Waals surface area contributed by atoms with Gasteiger partial charge in [0.05, 0.1) is 23.9 Å². The quantitative estimate of drug-likeness (QED) is 0.119. The summed E-state index contributed by atoms with van der Waals surface area (Å²) in [6.45, 7) is 44.9. The third kappa shape index (κ3) is 8.74. The maximum atomic E-state index is 14.8. The fourth-order valence-corrected chi connectivity index (χ4v) is 28.4. The third-order valence-electron chi connectivity index (χ3n) is 14.2. The van der Waals surface area contributed by atoms with Crippen LogP contribution in [0, 0.1) is 6.92 Å². The molecule has 1 aliphatic rings. The Kier molecular flexibility index (Phi) is 16.0. The lowest BCUT2D eigenvalue weighted by Crippen LogP contribution is -2.61. The molecule has 3 aromatic rings. The topological polar surface area (TPSA) is 58.9 Å². The number of aryl methyl sites for hydroxylation is 1. The Hall–Kier alpha value is -2.28. The van der Waals surface area contributed by atoms with Gasteiger partial charge in [0.25, 0.3) is 5.91 Å². The van der Waals surface area contributed by atoms with Gasteiger partial charge in [-0.15, -0.1) is 0 Å². The molecule has 0 spiro atoms. The SMILES string of the molecule is Cc1c(C2=C[C@@H](O[Si](C(C)C)(C(C)C)C(C)C)[C@H](O[Si](C(C)C)(C(C)C)C(C)C)[C@@H](CO[Si](C(C)C)(C(C)C)C(C)C)O2)n(C(=O)c2ccccc2)c2ccccc12. The maximum Gasteiger partial charge on any atom is 0.262 e. The van der Waals surface area contributed by atoms with Crippen LogP contribution in [0.5, 0.6) is 0 Å². The number of rotatable bonds is 18. The second-order valence-corrected chi connectivity index (χ2v) is 36.4. The number of para-hydroxylation sites is 1. The van der Waals surface area contributed by atoms with Crippen LogP contribution >= 0.6 is 0 Å². The van der Waals surface area contributed by atoms with Gasteiger partial charge in [0.15, 0.2) is 0 Å². The predicted molar refractivity (Wildman–Crippen MR) is 255 cm³/mol. The largest absolute Gasteiger partial charge is 0.483 e. The van der Waals surface area contributed by atoms with Crippen LogP contribution in [0.15, 0.2) is 60.7 Å². The zero-order valence-electron chi connectivity index (χ0n) is 39.9. The number of carbonyl (C=O) groups excluding carboxylic acids is 1. The van der Waals surface area contributed by atoms with E-state index in [0.29, 0.717) is 67.8 Å². The number of nitrogens with zero attached hydrogens (tertiary/aromatic N) is 1. The van der Waals surface area contributed by atoms with Crippen molar-refractivity contribution in [3.8, 4) is 0 Å². The summed E-state index contributed by atoms with van der Waals surface area (Å²) in [5, 5.41) is 1.03. The van der Waals surface area contributed by atoms with Crippen LogP contribution in [-0.4, -0.2) is 60.3 Å². The summed E-state index contributed by atoms with van der Waals surface area (Å²) in [5.74, 6) is 0.590. The minimum absolute atomic E-state index is 0.0833. The van der Waals surface area contributed by atoms with E-state index >= 15 is 0 Å². The van der Waals surface area contributed by atoms with E-state index in [-0.39, 0.29) is 5.91 Å². The summed E-state index contributed by atoms with van der Waals surface area (Å²) in [4.78, 5) is 14.8. The number of benzene rings is 2. The van der Waals surface area contributed by atoms with Gasteiger partial charge in [-0.3, -0.25) is 9.36 Å². The molecule has 9 heteroatoms. The lowest BCUT2D eigenvalue weighted by atomic mass is 10.0. The van der Waals surface area contributed by atoms with Gasteiger partial charge in [-0.05, 0) is 86.6 Å². The number of carbonyl (C=O) groups is 1. The molecular weight excluding hydrogens is 767 g/mol. The summed E-state index contributed by atoms with van der Waals surface area (Å²) < 4.78 is 32.8. The van der Waals surface area contributed by atoms with Crippen molar-refractivity contribution in [1.29, 1.82) is 0 Å². The minimum atomic E-state index is -2.49. The van der Waals surface area contributed by atoms with Crippen LogP contribution in [0.4, 0.5) is 0 Å². The predicted octanol–water partition coefficient (Wildman–Crippen LogP) is 14.7. The van der Waals surface area contributed by atoms with E-state index < -0.39 is 43.3 Å². The minimum Gasteiger partial charge on any atom is -0.483 e. The highest BCUT2D eigenvalue weighted by Crippen LogP contribution is 2.50. The molecule has 2 aromatic carbocycles. The molecule has 0 aliphatic carbocycles. The van der Waals surface area contributed by atoms with Crippen molar-refractivity contribution in [3.63, 3.8) is 0 Å². The summed E-state index contributed by atoms with van der Waals surface area (Å²) in [6, 6.07) is 17.8. The van der Waals surface area contributed by atoms with Crippen LogP contribution in [0.25, 0.3) is 16.7 Å². The van der Waals surface area contributed by atoms with Crippen molar-refractivity contribution >= 4 is 47.5 Å². The first-order valence-electron chi connectivity index (χ1n) is 22.6. The molecule has 0 amide bonds. The molecule has 58 heavy (non-hydrogen) atoms. The fourth-order valence-electron chi connectivity index (χ4n) is 11.9. The fraction of sp³-hybridized carbons (Fsp3) is 0.653. The van der Waals surface area contributed by atoms with E-state index in [9.17, 15) is 4.79 Å². The summed E-state index contributed by atoms with van der Waals surface area (Å²) in [6.07, 6.45) is 0.939. The molecule has 0 radical (unpaired) electrons. The van der Waals surface area contributed by atoms with E-state index in [1.807, 2.05) is 47.0 Å². The summed E-state index contributed by atoms with van der Waals surface area (Å²) >= 11 is 0. The molecule has 324 valence electrons. The Labute approximate surface area is 357 Å². The molecule has 1 aromatic heterocycles. The van der Waals surface area contributed by atoms with Crippen molar-refractivity contribution in [2.75, 3.05) is 6.61 Å². The van der Waals surface area contributed by atoms with Crippen molar-refractivity contribution in [2.24, 2.45) is 0 Å². The van der Waals surface area contributed by atoms with E-state index in [1.165, 1.54) is 0 Å². The van der Waals surface area contributed by atoms with Crippen molar-refractivity contribution in [2.45, 2.75) is 200 Å². The molecule has 1 aliphatic heterocycles. The average molecular weight is 848 g/mol. The van der Waals surface area contributed by atoms with Crippen molar-refractivity contribution < 1.29 is 22.8 Å². The first-order chi connectivity index (χ1) is 27.0. The molecule has 0 saturated heterocycles. The number of hydrogen-bond acceptors (Lipinski definition) is 5. The van der Waals surface area contributed by atoms with Gasteiger partial charge in [0, 0.05) is 10.9 Å². The average Bonchev–Trinajstić information content (AvgIpc) is 3.43. The van der Waals surface area contributed by atoms with Crippen molar-refractivity contribution in [1.82, 2.24) is 4.57 Å². The van der Waals surface area contributed by atoms with Crippen LogP contribution < -0.4 is 0 Å². The van der Waals surface area contributed by atoms with E-state index in [0.717, 1.165) is 22.2 Å². The lowest BCUT2D eigenvalue weighted by molar-refractivity contribution is -0.0622. The van der Waals surface area contributed by atoms with Gasteiger partial charge < -0.3 is 18.0 Å². The molecule has 0 N–H and O–H groups in total. The summed E-state index contributed by atoms with van der Waals surface area (Å²) in [5.41, 5.74) is 6.68. The molecule has 2 heterocycles. The maximum absolute atomic E-state index is 14.8. The molecule has 0 bridgehead atoms. The number of hydrogen-bond donors (Lipinski definition) is 0. The summed E-state index contributed by atoms with van der Waals surface area (Å²) in [7, 11) is -7.31. The van der Waals surface area contributed by atoms with E-state index in [1.54, 1.807) is 0 Å².